The van der Waals surface area contributed by atoms with Gasteiger partial charge in [0.15, 0.2) is 11.0 Å². The number of nitrogens with two attached hydrogens (primary N) is 1. The van der Waals surface area contributed by atoms with Gasteiger partial charge in [-0.05, 0) is 6.92 Å². The van der Waals surface area contributed by atoms with Crippen LogP contribution in [0.2, 0.25) is 0 Å². The first kappa shape index (κ1) is 18.8. The van der Waals surface area contributed by atoms with E-state index in [1.165, 1.54) is 11.8 Å². The van der Waals surface area contributed by atoms with Crippen molar-refractivity contribution in [2.75, 3.05) is 24.7 Å². The molecule has 2 heterocycles. The van der Waals surface area contributed by atoms with E-state index in [1.807, 2.05) is 62.0 Å². The minimum atomic E-state index is -0.0783. The molecule has 0 amide bonds. The van der Waals surface area contributed by atoms with Gasteiger partial charge in [0.05, 0.1) is 5.25 Å². The molecule has 0 bridgehead atoms. The summed E-state index contributed by atoms with van der Waals surface area (Å²) in [4.78, 5) is 14.7. The van der Waals surface area contributed by atoms with Gasteiger partial charge in [0.2, 0.25) is 11.9 Å². The second kappa shape index (κ2) is 8.17. The molecule has 8 nitrogen and oxygen atoms in total. The predicted molar refractivity (Wildman–Crippen MR) is 108 cm³/mol. The lowest BCUT2D eigenvalue weighted by molar-refractivity contribution is 0.727. The van der Waals surface area contributed by atoms with E-state index < -0.39 is 0 Å². The Morgan fingerprint density at radius 3 is 2.59 bits per heavy atom. The minimum absolute atomic E-state index is 0.0783. The van der Waals surface area contributed by atoms with E-state index in [4.69, 9.17) is 5.73 Å². The third-order valence-electron chi connectivity index (χ3n) is 3.76. The van der Waals surface area contributed by atoms with E-state index in [2.05, 4.69) is 31.7 Å². The molecule has 3 rings (SSSR count). The lowest BCUT2D eigenvalue weighted by Gasteiger charge is -2.15. The molecule has 27 heavy (non-hydrogen) atoms. The van der Waals surface area contributed by atoms with Crippen molar-refractivity contribution in [2.24, 2.45) is 0 Å². The summed E-state index contributed by atoms with van der Waals surface area (Å²) in [6.45, 7) is 6.46. The number of nitrogen functional groups attached to an aromatic ring is 1. The van der Waals surface area contributed by atoms with Crippen molar-refractivity contribution in [3.8, 4) is 11.4 Å². The fourth-order valence-corrected chi connectivity index (χ4v) is 3.36. The summed E-state index contributed by atoms with van der Waals surface area (Å²) >= 11 is 1.52. The number of thioether (sulfide) groups is 1. The van der Waals surface area contributed by atoms with Crippen LogP contribution in [0.1, 0.15) is 18.0 Å². The molecule has 0 saturated carbocycles. The topological polar surface area (TPSA) is 98.6 Å². The maximum absolute atomic E-state index is 5.84. The van der Waals surface area contributed by atoms with Crippen molar-refractivity contribution in [2.45, 2.75) is 23.9 Å². The van der Waals surface area contributed by atoms with Gasteiger partial charge in [0, 0.05) is 26.2 Å². The zero-order valence-corrected chi connectivity index (χ0v) is 16.4. The average Bonchev–Trinajstić information content (AvgIpc) is 3.04. The Balaban J connectivity index is 1.91. The van der Waals surface area contributed by atoms with Gasteiger partial charge in [-0.25, -0.2) is 0 Å². The Morgan fingerprint density at radius 2 is 1.93 bits per heavy atom. The molecule has 0 saturated heterocycles. The quantitative estimate of drug-likeness (QED) is 0.492. The highest BCUT2D eigenvalue weighted by Crippen LogP contribution is 2.34. The molecule has 0 radical (unpaired) electrons. The highest BCUT2D eigenvalue weighted by molar-refractivity contribution is 7.99. The summed E-state index contributed by atoms with van der Waals surface area (Å²) in [5.41, 5.74) is 6.85. The number of anilines is 2. The van der Waals surface area contributed by atoms with Crippen LogP contribution in [-0.4, -0.2) is 43.8 Å². The van der Waals surface area contributed by atoms with Gasteiger partial charge in [-0.1, -0.05) is 48.2 Å². The van der Waals surface area contributed by atoms with E-state index >= 15 is 0 Å². The standard InChI is InChI=1S/C18H22N8S/c1-5-11-26-15(13-9-7-6-8-10-13)23-24-18(26)27-12(2)14-20-16(19)22-17(21-14)25(3)4/h5-10,12H,1,11H2,2-4H3,(H2,19,20,21,22). The molecule has 9 heteroatoms. The monoisotopic (exact) mass is 382 g/mol. The first-order valence-electron chi connectivity index (χ1n) is 8.44. The summed E-state index contributed by atoms with van der Waals surface area (Å²) in [5.74, 6) is 2.14. The maximum atomic E-state index is 5.84. The molecule has 0 aliphatic carbocycles. The number of nitrogens with zero attached hydrogens (tertiary/aromatic N) is 7. The molecule has 0 aliphatic rings. The van der Waals surface area contributed by atoms with Crippen molar-refractivity contribution >= 4 is 23.7 Å². The molecule has 3 aromatic rings. The highest BCUT2D eigenvalue weighted by atomic mass is 32.2. The fraction of sp³-hybridized carbons (Fsp3) is 0.278. The van der Waals surface area contributed by atoms with Crippen LogP contribution in [-0.2, 0) is 6.54 Å². The van der Waals surface area contributed by atoms with Crippen molar-refractivity contribution in [1.82, 2.24) is 29.7 Å². The van der Waals surface area contributed by atoms with Gasteiger partial charge >= 0.3 is 0 Å². The van der Waals surface area contributed by atoms with Gasteiger partial charge in [0.25, 0.3) is 0 Å². The van der Waals surface area contributed by atoms with E-state index in [-0.39, 0.29) is 11.2 Å². The zero-order valence-electron chi connectivity index (χ0n) is 15.6. The second-order valence-corrected chi connectivity index (χ2v) is 7.39. The Bertz CT molecular complexity index is 922. The molecule has 1 atom stereocenters. The molecule has 1 unspecified atom stereocenters. The Morgan fingerprint density at radius 1 is 1.19 bits per heavy atom. The summed E-state index contributed by atoms with van der Waals surface area (Å²) in [5, 5.41) is 9.44. The smallest absolute Gasteiger partial charge is 0.229 e. The van der Waals surface area contributed by atoms with Crippen LogP contribution in [0.15, 0.2) is 48.1 Å². The molecule has 2 N–H and O–H groups in total. The van der Waals surface area contributed by atoms with Crippen LogP contribution in [0.4, 0.5) is 11.9 Å². The number of hydrogen-bond acceptors (Lipinski definition) is 8. The Hall–Kier alpha value is -2.94. The van der Waals surface area contributed by atoms with Crippen molar-refractivity contribution in [3.63, 3.8) is 0 Å². The van der Waals surface area contributed by atoms with Crippen LogP contribution in [0, 0.1) is 0 Å². The van der Waals surface area contributed by atoms with Crippen LogP contribution in [0.5, 0.6) is 0 Å². The van der Waals surface area contributed by atoms with Crippen molar-refractivity contribution in [1.29, 1.82) is 0 Å². The first-order valence-corrected chi connectivity index (χ1v) is 9.32. The number of aromatic nitrogens is 6. The first-order chi connectivity index (χ1) is 13.0. The largest absolute Gasteiger partial charge is 0.368 e. The van der Waals surface area contributed by atoms with E-state index in [9.17, 15) is 0 Å². The summed E-state index contributed by atoms with van der Waals surface area (Å²) in [6.07, 6.45) is 1.83. The fourth-order valence-electron chi connectivity index (χ4n) is 2.46. The number of benzene rings is 1. The second-order valence-electron chi connectivity index (χ2n) is 6.08. The van der Waals surface area contributed by atoms with E-state index in [0.717, 1.165) is 16.5 Å². The molecule has 2 aromatic heterocycles. The van der Waals surface area contributed by atoms with E-state index in [1.54, 1.807) is 4.90 Å². The number of hydrogen-bond donors (Lipinski definition) is 1. The maximum Gasteiger partial charge on any atom is 0.229 e. The summed E-state index contributed by atoms with van der Waals surface area (Å²) in [7, 11) is 3.73. The Kier molecular flexibility index (Phi) is 5.70. The molecule has 0 fully saturated rings. The molecular formula is C18H22N8S. The molecule has 140 valence electrons. The third kappa shape index (κ3) is 4.25. The highest BCUT2D eigenvalue weighted by Gasteiger charge is 2.20. The van der Waals surface area contributed by atoms with E-state index in [0.29, 0.717) is 18.3 Å². The lowest BCUT2D eigenvalue weighted by atomic mass is 10.2. The average molecular weight is 382 g/mol. The molecule has 0 spiro atoms. The van der Waals surface area contributed by atoms with Gasteiger partial charge in [-0.3, -0.25) is 4.57 Å². The number of allylic oxidation sites excluding steroid dienone is 1. The van der Waals surface area contributed by atoms with Crippen LogP contribution in [0.25, 0.3) is 11.4 Å². The summed E-state index contributed by atoms with van der Waals surface area (Å²) in [6, 6.07) is 9.96. The minimum Gasteiger partial charge on any atom is -0.368 e. The van der Waals surface area contributed by atoms with Crippen LogP contribution < -0.4 is 10.6 Å². The van der Waals surface area contributed by atoms with Crippen molar-refractivity contribution in [3.05, 3.63) is 48.8 Å². The lowest BCUT2D eigenvalue weighted by Crippen LogP contribution is -2.16. The SMILES string of the molecule is C=CCn1c(SC(C)c2nc(N)nc(N(C)C)n2)nnc1-c1ccccc1. The summed E-state index contributed by atoms with van der Waals surface area (Å²) < 4.78 is 2.03. The van der Waals surface area contributed by atoms with Gasteiger partial charge < -0.3 is 10.6 Å². The van der Waals surface area contributed by atoms with Gasteiger partial charge in [-0.15, -0.1) is 16.8 Å². The van der Waals surface area contributed by atoms with Crippen molar-refractivity contribution < 1.29 is 0 Å². The third-order valence-corrected chi connectivity index (χ3v) is 4.84. The predicted octanol–water partition coefficient (Wildman–Crippen LogP) is 2.82. The molecule has 0 aliphatic heterocycles. The molecular weight excluding hydrogens is 360 g/mol. The Labute approximate surface area is 162 Å². The van der Waals surface area contributed by atoms with Gasteiger partial charge in [0.1, 0.15) is 5.82 Å². The molecule has 1 aromatic carbocycles. The van der Waals surface area contributed by atoms with Crippen LogP contribution >= 0.6 is 11.8 Å². The van der Waals surface area contributed by atoms with Gasteiger partial charge in [-0.2, -0.15) is 15.0 Å². The zero-order chi connectivity index (χ0) is 19.4. The van der Waals surface area contributed by atoms with Crippen LogP contribution in [0.3, 0.4) is 0 Å². The number of rotatable bonds is 7. The normalized spacial score (nSPS) is 12.0.